The van der Waals surface area contributed by atoms with Gasteiger partial charge in [0.15, 0.2) is 0 Å². The maximum atomic E-state index is 10.3. The molecule has 0 aromatic rings. The summed E-state index contributed by atoms with van der Waals surface area (Å²) in [5.41, 5.74) is -0.863. The van der Waals surface area contributed by atoms with E-state index in [2.05, 4.69) is 20.8 Å². The average Bonchev–Trinajstić information content (AvgIpc) is 2.84. The highest BCUT2D eigenvalue weighted by atomic mass is 16.4. The van der Waals surface area contributed by atoms with Gasteiger partial charge in [0.25, 0.3) is 0 Å². The van der Waals surface area contributed by atoms with Crippen molar-refractivity contribution in [3.63, 3.8) is 0 Å². The topological polar surface area (TPSA) is 159 Å². The smallest absolute Gasteiger partial charge is 0.303 e. The Morgan fingerprint density at radius 1 is 0.531 bits per heavy atom. The number of carboxylic acids is 1. The number of carbonyl (C=O) groups is 1. The summed E-state index contributed by atoms with van der Waals surface area (Å²) in [6.07, 6.45) is 8.23. The molecule has 0 saturated heterocycles. The molecule has 0 atom stereocenters. The molecule has 0 radical (unpaired) electrons. The number of rotatable bonds is 16. The quantitative estimate of drug-likeness (QED) is 0.170. The van der Waals surface area contributed by atoms with Gasteiger partial charge in [0.2, 0.25) is 0 Å². The lowest BCUT2D eigenvalue weighted by molar-refractivity contribution is -0.137. The van der Waals surface area contributed by atoms with Crippen LogP contribution in [0.1, 0.15) is 92.4 Å². The number of aliphatic hydroxyl groups is 6. The van der Waals surface area contributed by atoms with E-state index in [1.165, 1.54) is 25.7 Å². The highest BCUT2D eigenvalue weighted by molar-refractivity contribution is 5.66. The van der Waals surface area contributed by atoms with Crippen LogP contribution in [0, 0.1) is 16.2 Å². The molecule has 8 nitrogen and oxygen atoms in total. The fraction of sp³-hybridized carbons (Fsp3) is 0.958. The summed E-state index contributed by atoms with van der Waals surface area (Å²) in [4.78, 5) is 10.3. The van der Waals surface area contributed by atoms with Gasteiger partial charge < -0.3 is 35.7 Å². The molecule has 0 fully saturated rings. The maximum Gasteiger partial charge on any atom is 0.303 e. The minimum absolute atomic E-state index is 0.156. The molecule has 0 aromatic heterocycles. The molecule has 0 spiro atoms. The van der Waals surface area contributed by atoms with Crippen molar-refractivity contribution in [2.45, 2.75) is 92.4 Å². The summed E-state index contributed by atoms with van der Waals surface area (Å²) in [5.74, 6) is -0.667. The lowest BCUT2D eigenvalue weighted by atomic mass is 9.76. The molecule has 0 saturated carbocycles. The molecule has 0 aliphatic carbocycles. The maximum absolute atomic E-state index is 10.3. The van der Waals surface area contributed by atoms with E-state index in [4.69, 9.17) is 35.7 Å². The van der Waals surface area contributed by atoms with Gasteiger partial charge in [-0.1, -0.05) is 60.3 Å². The van der Waals surface area contributed by atoms with Gasteiger partial charge >= 0.3 is 5.97 Å². The van der Waals surface area contributed by atoms with Crippen LogP contribution in [0.4, 0.5) is 0 Å². The third-order valence-electron chi connectivity index (χ3n) is 7.11. The highest BCUT2D eigenvalue weighted by Gasteiger charge is 2.25. The third kappa shape index (κ3) is 14.4. The predicted octanol–water partition coefficient (Wildman–Crippen LogP) is 2.57. The Balaban J connectivity index is -0.000000411. The zero-order valence-electron chi connectivity index (χ0n) is 21.1. The summed E-state index contributed by atoms with van der Waals surface area (Å²) in [5, 5.41) is 60.5. The van der Waals surface area contributed by atoms with Crippen LogP contribution in [0.2, 0.25) is 0 Å². The van der Waals surface area contributed by atoms with Crippen LogP contribution in [0.3, 0.4) is 0 Å². The van der Waals surface area contributed by atoms with Crippen molar-refractivity contribution >= 4 is 5.97 Å². The normalized spacial score (nSPS) is 11.8. The molecule has 196 valence electrons. The van der Waals surface area contributed by atoms with Gasteiger partial charge in [0.1, 0.15) is 0 Å². The van der Waals surface area contributed by atoms with E-state index in [1.54, 1.807) is 0 Å². The highest BCUT2D eigenvalue weighted by Crippen LogP contribution is 2.36. The standard InChI is InChI=1S/C12H24O2.2C6H14O3/c1-4-12(5-2,6-3)10-8-7-9-11(13)14;2*1-2-6(3-7,4-8)5-9/h4-10H2,1-3H3,(H,13,14);2*7-9H,2-5H2,1H3. The molecule has 0 rings (SSSR count). The van der Waals surface area contributed by atoms with Crippen LogP contribution >= 0.6 is 0 Å². The van der Waals surface area contributed by atoms with E-state index < -0.39 is 16.8 Å². The second-order valence-electron chi connectivity index (χ2n) is 8.82. The van der Waals surface area contributed by atoms with Crippen molar-refractivity contribution in [3.05, 3.63) is 0 Å². The Kier molecular flexibility index (Phi) is 23.3. The van der Waals surface area contributed by atoms with Gasteiger partial charge in [-0.15, -0.1) is 0 Å². The van der Waals surface area contributed by atoms with Crippen molar-refractivity contribution in [1.29, 1.82) is 0 Å². The first-order chi connectivity index (χ1) is 15.1. The van der Waals surface area contributed by atoms with Crippen molar-refractivity contribution in [1.82, 2.24) is 0 Å². The van der Waals surface area contributed by atoms with Crippen molar-refractivity contribution in [3.8, 4) is 0 Å². The Hall–Kier alpha value is -0.770. The van der Waals surface area contributed by atoms with Crippen molar-refractivity contribution in [2.75, 3.05) is 39.6 Å². The molecule has 0 amide bonds. The monoisotopic (exact) mass is 468 g/mol. The molecule has 0 aliphatic heterocycles. The second kappa shape index (κ2) is 20.8. The molecule has 0 unspecified atom stereocenters. The first-order valence-corrected chi connectivity index (χ1v) is 12.0. The fourth-order valence-electron chi connectivity index (χ4n) is 3.03. The molecule has 0 heterocycles. The van der Waals surface area contributed by atoms with Crippen molar-refractivity contribution in [2.24, 2.45) is 16.2 Å². The lowest BCUT2D eigenvalue weighted by Gasteiger charge is -2.30. The van der Waals surface area contributed by atoms with Crippen LogP contribution in [0.25, 0.3) is 0 Å². The SMILES string of the molecule is CCC(CC)(CC)CCCCC(=O)O.CCC(CO)(CO)CO.CCC(CO)(CO)CO. The van der Waals surface area contributed by atoms with E-state index >= 15 is 0 Å². The minimum atomic E-state index is -0.667. The first-order valence-electron chi connectivity index (χ1n) is 12.0. The van der Waals surface area contributed by atoms with E-state index in [1.807, 2.05) is 13.8 Å². The average molecular weight is 469 g/mol. The summed E-state index contributed by atoms with van der Waals surface area (Å²) in [7, 11) is 0. The summed E-state index contributed by atoms with van der Waals surface area (Å²) in [6, 6.07) is 0. The largest absolute Gasteiger partial charge is 0.481 e. The Bertz CT molecular complexity index is 353. The summed E-state index contributed by atoms with van der Waals surface area (Å²) >= 11 is 0. The zero-order valence-corrected chi connectivity index (χ0v) is 21.1. The third-order valence-corrected chi connectivity index (χ3v) is 7.11. The minimum Gasteiger partial charge on any atom is -0.481 e. The van der Waals surface area contributed by atoms with Gasteiger partial charge in [0, 0.05) is 17.3 Å². The first kappa shape index (κ1) is 35.8. The molecular weight excluding hydrogens is 416 g/mol. The number of hydrogen-bond donors (Lipinski definition) is 7. The lowest BCUT2D eigenvalue weighted by Crippen LogP contribution is -2.32. The van der Waals surface area contributed by atoms with Crippen LogP contribution in [0.5, 0.6) is 0 Å². The molecule has 8 heteroatoms. The number of hydrogen-bond acceptors (Lipinski definition) is 7. The van der Waals surface area contributed by atoms with Gasteiger partial charge in [-0.3, -0.25) is 4.79 Å². The van der Waals surface area contributed by atoms with Crippen LogP contribution in [0.15, 0.2) is 0 Å². The molecule has 0 aliphatic rings. The number of carboxylic acid groups (broad SMARTS) is 1. The molecular formula is C24H52O8. The summed E-state index contributed by atoms with van der Waals surface area (Å²) < 4.78 is 0. The predicted molar refractivity (Wildman–Crippen MR) is 127 cm³/mol. The van der Waals surface area contributed by atoms with Gasteiger partial charge in [-0.05, 0) is 31.1 Å². The number of unbranched alkanes of at least 4 members (excludes halogenated alkanes) is 1. The van der Waals surface area contributed by atoms with Crippen LogP contribution in [-0.4, -0.2) is 81.4 Å². The van der Waals surface area contributed by atoms with E-state index in [0.29, 0.717) is 24.7 Å². The molecule has 32 heavy (non-hydrogen) atoms. The van der Waals surface area contributed by atoms with Crippen LogP contribution in [-0.2, 0) is 4.79 Å². The van der Waals surface area contributed by atoms with Gasteiger partial charge in [0.05, 0.1) is 39.6 Å². The molecule has 0 aromatic carbocycles. The molecule has 7 N–H and O–H groups in total. The second-order valence-corrected chi connectivity index (χ2v) is 8.82. The number of aliphatic carboxylic acids is 1. The van der Waals surface area contributed by atoms with Crippen LogP contribution < -0.4 is 0 Å². The molecule has 0 bridgehead atoms. The Labute approximate surface area is 195 Å². The fourth-order valence-corrected chi connectivity index (χ4v) is 3.03. The van der Waals surface area contributed by atoms with E-state index in [-0.39, 0.29) is 39.6 Å². The van der Waals surface area contributed by atoms with Crippen molar-refractivity contribution < 1.29 is 40.5 Å². The van der Waals surface area contributed by atoms with E-state index in [0.717, 1.165) is 12.8 Å². The zero-order chi connectivity index (χ0) is 25.7. The Morgan fingerprint density at radius 3 is 0.969 bits per heavy atom. The van der Waals surface area contributed by atoms with E-state index in [9.17, 15) is 4.79 Å². The van der Waals surface area contributed by atoms with Gasteiger partial charge in [-0.25, -0.2) is 0 Å². The van der Waals surface area contributed by atoms with Gasteiger partial charge in [-0.2, -0.15) is 0 Å². The summed E-state index contributed by atoms with van der Waals surface area (Å²) in [6.45, 7) is 9.43. The Morgan fingerprint density at radius 2 is 0.812 bits per heavy atom. The number of aliphatic hydroxyl groups excluding tert-OH is 6.